The van der Waals surface area contributed by atoms with Crippen LogP contribution < -0.4 is 4.74 Å². The summed E-state index contributed by atoms with van der Waals surface area (Å²) in [6.07, 6.45) is 0.750. The molecule has 0 heterocycles. The quantitative estimate of drug-likeness (QED) is 0.552. The largest absolute Gasteiger partial charge is 0.491 e. The van der Waals surface area contributed by atoms with Crippen LogP contribution in [0.1, 0.15) is 10.4 Å². The predicted molar refractivity (Wildman–Crippen MR) is 55.8 cm³/mol. The minimum Gasteiger partial charge on any atom is -0.491 e. The van der Waals surface area contributed by atoms with Crippen LogP contribution in [0.2, 0.25) is 0 Å². The number of carbonyl (C=O) groups is 2. The monoisotopic (exact) mass is 224 g/mol. The lowest BCUT2D eigenvalue weighted by Gasteiger charge is -2.05. The van der Waals surface area contributed by atoms with Crippen LogP contribution in [0.4, 0.5) is 0 Å². The average Bonchev–Trinajstić information content (AvgIpc) is 2.29. The number of hydrogen-bond donors (Lipinski definition) is 1. The second-order valence-corrected chi connectivity index (χ2v) is 2.98. The predicted octanol–water partition coefficient (Wildman–Crippen LogP) is 0.979. The number of carboxylic acid groups (broad SMARTS) is 1. The standard InChI is InChI=1S/C11H12O5/c12-7-9-1-3-10(4-2-9)16-6-5-15-8-11(13)14/h1-4,7H,5-6,8H2,(H,13,14). The average molecular weight is 224 g/mol. The Morgan fingerprint density at radius 2 is 1.94 bits per heavy atom. The molecule has 0 radical (unpaired) electrons. The van der Waals surface area contributed by atoms with Gasteiger partial charge < -0.3 is 14.6 Å². The maximum atomic E-state index is 10.4. The smallest absolute Gasteiger partial charge is 0.329 e. The molecular weight excluding hydrogens is 212 g/mol. The van der Waals surface area contributed by atoms with Gasteiger partial charge in [0.2, 0.25) is 0 Å². The van der Waals surface area contributed by atoms with Crippen molar-refractivity contribution in [2.24, 2.45) is 0 Å². The van der Waals surface area contributed by atoms with Crippen LogP contribution in [0.25, 0.3) is 0 Å². The molecule has 0 saturated carbocycles. The Labute approximate surface area is 92.6 Å². The van der Waals surface area contributed by atoms with Gasteiger partial charge in [0.05, 0.1) is 6.61 Å². The van der Waals surface area contributed by atoms with Crippen LogP contribution in [0.3, 0.4) is 0 Å². The summed E-state index contributed by atoms with van der Waals surface area (Å²) in [5.41, 5.74) is 0.578. The van der Waals surface area contributed by atoms with Gasteiger partial charge >= 0.3 is 5.97 Å². The Morgan fingerprint density at radius 3 is 2.50 bits per heavy atom. The van der Waals surface area contributed by atoms with E-state index in [2.05, 4.69) is 0 Å². The fourth-order valence-corrected chi connectivity index (χ4v) is 1.02. The molecule has 1 aromatic rings. The van der Waals surface area contributed by atoms with Crippen LogP contribution in [0.15, 0.2) is 24.3 Å². The topological polar surface area (TPSA) is 72.8 Å². The van der Waals surface area contributed by atoms with E-state index in [-0.39, 0.29) is 19.8 Å². The van der Waals surface area contributed by atoms with E-state index in [1.807, 2.05) is 0 Å². The summed E-state index contributed by atoms with van der Waals surface area (Å²) in [5, 5.41) is 8.29. The first-order valence-corrected chi connectivity index (χ1v) is 4.70. The van der Waals surface area contributed by atoms with Crippen LogP contribution in [0.5, 0.6) is 5.75 Å². The second kappa shape index (κ2) is 6.58. The third-order valence-electron chi connectivity index (χ3n) is 1.74. The summed E-state index contributed by atoms with van der Waals surface area (Å²) in [6, 6.07) is 6.61. The molecule has 0 atom stereocenters. The zero-order chi connectivity index (χ0) is 11.8. The number of carbonyl (C=O) groups excluding carboxylic acids is 1. The van der Waals surface area contributed by atoms with Crippen molar-refractivity contribution >= 4 is 12.3 Å². The van der Waals surface area contributed by atoms with Gasteiger partial charge in [0, 0.05) is 5.56 Å². The van der Waals surface area contributed by atoms with E-state index in [0.717, 1.165) is 6.29 Å². The highest BCUT2D eigenvalue weighted by Crippen LogP contribution is 2.10. The summed E-state index contributed by atoms with van der Waals surface area (Å²) in [4.78, 5) is 20.5. The zero-order valence-corrected chi connectivity index (χ0v) is 8.59. The Morgan fingerprint density at radius 1 is 1.25 bits per heavy atom. The van der Waals surface area contributed by atoms with Gasteiger partial charge in [-0.1, -0.05) is 0 Å². The lowest BCUT2D eigenvalue weighted by molar-refractivity contribution is -0.142. The molecule has 5 nitrogen and oxygen atoms in total. The molecule has 0 saturated heterocycles. The third kappa shape index (κ3) is 4.56. The van der Waals surface area contributed by atoms with Crippen molar-refractivity contribution in [2.45, 2.75) is 0 Å². The number of hydrogen-bond acceptors (Lipinski definition) is 4. The molecule has 0 spiro atoms. The van der Waals surface area contributed by atoms with Gasteiger partial charge in [-0.3, -0.25) is 4.79 Å². The Hall–Kier alpha value is -1.88. The first kappa shape index (κ1) is 12.2. The molecule has 5 heteroatoms. The Bertz CT molecular complexity index is 344. The Balaban J connectivity index is 2.21. The van der Waals surface area contributed by atoms with Gasteiger partial charge in [-0.2, -0.15) is 0 Å². The van der Waals surface area contributed by atoms with Gasteiger partial charge in [0.1, 0.15) is 25.2 Å². The van der Waals surface area contributed by atoms with E-state index in [9.17, 15) is 9.59 Å². The number of aliphatic carboxylic acids is 1. The summed E-state index contributed by atoms with van der Waals surface area (Å²) in [7, 11) is 0. The number of carboxylic acids is 1. The number of aldehydes is 1. The van der Waals surface area contributed by atoms with Crippen molar-refractivity contribution in [3.63, 3.8) is 0 Å². The minimum absolute atomic E-state index is 0.210. The van der Waals surface area contributed by atoms with Crippen molar-refractivity contribution in [3.8, 4) is 5.75 Å². The van der Waals surface area contributed by atoms with Crippen LogP contribution in [0, 0.1) is 0 Å². The normalized spacial score (nSPS) is 9.75. The molecule has 16 heavy (non-hydrogen) atoms. The van der Waals surface area contributed by atoms with E-state index in [0.29, 0.717) is 11.3 Å². The molecule has 0 aliphatic rings. The van der Waals surface area contributed by atoms with E-state index in [4.69, 9.17) is 14.6 Å². The molecule has 0 aliphatic heterocycles. The molecule has 1 rings (SSSR count). The van der Waals surface area contributed by atoms with Gasteiger partial charge in [0.15, 0.2) is 0 Å². The molecule has 0 amide bonds. The molecule has 0 fully saturated rings. The van der Waals surface area contributed by atoms with Crippen LogP contribution >= 0.6 is 0 Å². The summed E-state index contributed by atoms with van der Waals surface area (Å²) in [5.74, 6) is -0.389. The summed E-state index contributed by atoms with van der Waals surface area (Å²) < 4.78 is 10.0. The van der Waals surface area contributed by atoms with E-state index < -0.39 is 5.97 Å². The van der Waals surface area contributed by atoms with Crippen molar-refractivity contribution in [1.82, 2.24) is 0 Å². The fraction of sp³-hybridized carbons (Fsp3) is 0.273. The van der Waals surface area contributed by atoms with Crippen molar-refractivity contribution in [2.75, 3.05) is 19.8 Å². The molecule has 0 unspecified atom stereocenters. The Kier molecular flexibility index (Phi) is 5.01. The number of ether oxygens (including phenoxy) is 2. The van der Waals surface area contributed by atoms with Gasteiger partial charge in [-0.05, 0) is 24.3 Å². The second-order valence-electron chi connectivity index (χ2n) is 2.98. The fourth-order valence-electron chi connectivity index (χ4n) is 1.02. The van der Waals surface area contributed by atoms with E-state index in [1.54, 1.807) is 24.3 Å². The lowest BCUT2D eigenvalue weighted by atomic mass is 10.2. The maximum Gasteiger partial charge on any atom is 0.329 e. The van der Waals surface area contributed by atoms with Crippen molar-refractivity contribution in [3.05, 3.63) is 29.8 Å². The first-order valence-electron chi connectivity index (χ1n) is 4.70. The van der Waals surface area contributed by atoms with Crippen molar-refractivity contribution < 1.29 is 24.2 Å². The van der Waals surface area contributed by atoms with E-state index in [1.165, 1.54) is 0 Å². The minimum atomic E-state index is -1.00. The first-order chi connectivity index (χ1) is 7.72. The molecule has 1 N–H and O–H groups in total. The highest BCUT2D eigenvalue weighted by atomic mass is 16.5. The molecule has 1 aromatic carbocycles. The van der Waals surface area contributed by atoms with Crippen LogP contribution in [-0.4, -0.2) is 37.2 Å². The highest BCUT2D eigenvalue weighted by Gasteiger charge is 1.97. The maximum absolute atomic E-state index is 10.4. The van der Waals surface area contributed by atoms with Crippen molar-refractivity contribution in [1.29, 1.82) is 0 Å². The lowest BCUT2D eigenvalue weighted by Crippen LogP contribution is -2.12. The number of rotatable bonds is 7. The molecule has 86 valence electrons. The summed E-state index contributed by atoms with van der Waals surface area (Å²) in [6.45, 7) is 0.156. The molecule has 0 bridgehead atoms. The van der Waals surface area contributed by atoms with E-state index >= 15 is 0 Å². The molecular formula is C11H12O5. The SMILES string of the molecule is O=Cc1ccc(OCCOCC(=O)O)cc1. The van der Waals surface area contributed by atoms with Crippen LogP contribution in [-0.2, 0) is 9.53 Å². The van der Waals surface area contributed by atoms with Gasteiger partial charge in [-0.25, -0.2) is 4.79 Å². The number of benzene rings is 1. The van der Waals surface area contributed by atoms with Gasteiger partial charge in [-0.15, -0.1) is 0 Å². The summed E-state index contributed by atoms with van der Waals surface area (Å²) >= 11 is 0. The highest BCUT2D eigenvalue weighted by molar-refractivity contribution is 5.74. The zero-order valence-electron chi connectivity index (χ0n) is 8.59. The molecule has 0 aromatic heterocycles. The van der Waals surface area contributed by atoms with Gasteiger partial charge in [0.25, 0.3) is 0 Å². The molecule has 0 aliphatic carbocycles. The third-order valence-corrected chi connectivity index (χ3v) is 1.74.